The van der Waals surface area contributed by atoms with Crippen molar-refractivity contribution in [3.05, 3.63) is 112 Å². The van der Waals surface area contributed by atoms with Gasteiger partial charge in [0.05, 0.1) is 10.6 Å². The van der Waals surface area contributed by atoms with E-state index < -0.39 is 21.7 Å². The maximum atomic E-state index is 14.4. The number of halogens is 2. The van der Waals surface area contributed by atoms with Crippen LogP contribution in [-0.4, -0.2) is 23.7 Å². The quantitative estimate of drug-likeness (QED) is 0.399. The van der Waals surface area contributed by atoms with E-state index in [1.54, 1.807) is 43.7 Å². The van der Waals surface area contributed by atoms with Gasteiger partial charge in [0, 0.05) is 48.5 Å². The van der Waals surface area contributed by atoms with Crippen LogP contribution < -0.4 is 10.3 Å². The Morgan fingerprint density at radius 1 is 1.08 bits per heavy atom. The summed E-state index contributed by atoms with van der Waals surface area (Å²) in [5.41, 5.74) is 2.13. The second-order valence-electron chi connectivity index (χ2n) is 8.60. The van der Waals surface area contributed by atoms with E-state index in [-0.39, 0.29) is 34.1 Å². The van der Waals surface area contributed by atoms with Gasteiger partial charge < -0.3 is 14.3 Å². The fourth-order valence-electron chi connectivity index (χ4n) is 4.05. The van der Waals surface area contributed by atoms with E-state index in [4.69, 9.17) is 4.74 Å². The van der Waals surface area contributed by atoms with Crippen molar-refractivity contribution in [2.24, 2.45) is 11.4 Å². The first kappa shape index (κ1) is 24.4. The number of hydrogen-bond donors (Lipinski definition) is 1. The summed E-state index contributed by atoms with van der Waals surface area (Å²) in [6.45, 7) is 1.85. The minimum absolute atomic E-state index is 0.0510. The lowest BCUT2D eigenvalue weighted by molar-refractivity contribution is 0.411. The molecule has 2 heterocycles. The van der Waals surface area contributed by atoms with Crippen LogP contribution in [0.15, 0.2) is 92.9 Å². The Balaban J connectivity index is 1.65. The number of fused-ring (bicyclic) bond motifs is 1. The molecular formula is C27H21F2N3O4S. The van der Waals surface area contributed by atoms with Crippen molar-refractivity contribution >= 4 is 32.2 Å². The third-order valence-corrected chi connectivity index (χ3v) is 7.27. The lowest BCUT2D eigenvalue weighted by Gasteiger charge is -2.20. The summed E-state index contributed by atoms with van der Waals surface area (Å²) in [6, 6.07) is 11.0. The fourth-order valence-corrected chi connectivity index (χ4v) is 5.07. The average molecular weight is 522 g/mol. The summed E-state index contributed by atoms with van der Waals surface area (Å²) in [5.74, 6) is -1.64. The summed E-state index contributed by atoms with van der Waals surface area (Å²) < 4.78 is 65.0. The van der Waals surface area contributed by atoms with E-state index in [0.29, 0.717) is 28.1 Å². The Hall–Kier alpha value is -4.31. The predicted molar refractivity (Wildman–Crippen MR) is 137 cm³/mol. The third kappa shape index (κ3) is 4.75. The lowest BCUT2D eigenvalue weighted by atomic mass is 9.95. The van der Waals surface area contributed by atoms with Crippen molar-refractivity contribution in [1.82, 2.24) is 9.55 Å². The Bertz CT molecular complexity index is 1800. The zero-order valence-corrected chi connectivity index (χ0v) is 20.6. The molecule has 5 rings (SSSR count). The zero-order chi connectivity index (χ0) is 26.3. The molecule has 0 fully saturated rings. The van der Waals surface area contributed by atoms with Crippen molar-refractivity contribution in [3.63, 3.8) is 0 Å². The van der Waals surface area contributed by atoms with Gasteiger partial charge >= 0.3 is 0 Å². The third-order valence-electron chi connectivity index (χ3n) is 5.93. The first-order chi connectivity index (χ1) is 17.6. The Labute approximate surface area is 211 Å². The van der Waals surface area contributed by atoms with E-state index >= 15 is 0 Å². The molecule has 37 heavy (non-hydrogen) atoms. The number of sulfonamides is 1. The molecule has 1 aliphatic carbocycles. The van der Waals surface area contributed by atoms with Gasteiger partial charge in [-0.1, -0.05) is 17.7 Å². The molecule has 10 heteroatoms. The number of aromatic amines is 1. The molecule has 0 spiro atoms. The molecule has 0 saturated carbocycles. The number of hydrogen-bond acceptors (Lipinski definition) is 4. The molecule has 0 saturated heterocycles. The first-order valence-corrected chi connectivity index (χ1v) is 12.7. The molecule has 0 aliphatic heterocycles. The van der Waals surface area contributed by atoms with Crippen LogP contribution in [0.2, 0.25) is 0 Å². The highest BCUT2D eigenvalue weighted by atomic mass is 32.2. The van der Waals surface area contributed by atoms with Crippen molar-refractivity contribution in [2.45, 2.75) is 18.2 Å². The van der Waals surface area contributed by atoms with Crippen LogP contribution in [0.25, 0.3) is 16.5 Å². The van der Waals surface area contributed by atoms with Crippen LogP contribution in [-0.2, 0) is 17.1 Å². The van der Waals surface area contributed by atoms with Gasteiger partial charge in [-0.2, -0.15) is 12.8 Å². The molecule has 1 aliphatic rings. The standard InChI is InChI=1S/C27H21F2N3O4S/c1-16-3-7-19(8-4-16)37(34,35)31-18-6-10-24(36-25-9-5-17(28)13-23(25)29)21(14-18)22-15-32(2)27(33)26-20(22)11-12-30-26/h3-5,7-15,30H,6H2,1-2H3. The fraction of sp³-hybridized carbons (Fsp3) is 0.111. The van der Waals surface area contributed by atoms with Crippen LogP contribution in [0.4, 0.5) is 8.78 Å². The molecule has 0 amide bonds. The maximum absolute atomic E-state index is 14.4. The van der Waals surface area contributed by atoms with E-state index in [2.05, 4.69) is 9.38 Å². The maximum Gasteiger partial charge on any atom is 0.282 e. The number of nitrogens with zero attached hydrogens (tertiary/aromatic N) is 2. The van der Waals surface area contributed by atoms with Crippen LogP contribution in [0.1, 0.15) is 17.5 Å². The average Bonchev–Trinajstić information content (AvgIpc) is 3.34. The SMILES string of the molecule is Cc1ccc(S(=O)(=O)N=C2C=C(c3cn(C)c(=O)c4[nH]ccc34)C(Oc3ccc(F)cc3F)=CC2)cc1. The molecule has 188 valence electrons. The Kier molecular flexibility index (Phi) is 6.12. The van der Waals surface area contributed by atoms with Crippen molar-refractivity contribution < 1.29 is 21.9 Å². The van der Waals surface area contributed by atoms with Crippen molar-refractivity contribution in [2.75, 3.05) is 0 Å². The van der Waals surface area contributed by atoms with Gasteiger partial charge in [0.25, 0.3) is 15.6 Å². The highest BCUT2D eigenvalue weighted by Crippen LogP contribution is 2.34. The molecule has 2 aromatic heterocycles. The van der Waals surface area contributed by atoms with Crippen molar-refractivity contribution in [1.29, 1.82) is 0 Å². The number of ether oxygens (including phenoxy) is 1. The molecule has 2 aromatic carbocycles. The molecule has 4 aromatic rings. The summed E-state index contributed by atoms with van der Waals surface area (Å²) in [6.07, 6.45) is 6.38. The Morgan fingerprint density at radius 2 is 1.84 bits per heavy atom. The number of nitrogens with one attached hydrogen (secondary N) is 1. The van der Waals surface area contributed by atoms with Gasteiger partial charge in [0.1, 0.15) is 17.1 Å². The normalized spacial score (nSPS) is 15.1. The molecule has 1 N–H and O–H groups in total. The van der Waals surface area contributed by atoms with Gasteiger partial charge in [-0.15, -0.1) is 0 Å². The smallest absolute Gasteiger partial charge is 0.282 e. The van der Waals surface area contributed by atoms with Crippen LogP contribution in [0.5, 0.6) is 5.75 Å². The molecule has 0 bridgehead atoms. The zero-order valence-electron chi connectivity index (χ0n) is 19.8. The largest absolute Gasteiger partial charge is 0.454 e. The highest BCUT2D eigenvalue weighted by Gasteiger charge is 2.23. The number of benzene rings is 2. The molecule has 0 radical (unpaired) electrons. The van der Waals surface area contributed by atoms with Crippen LogP contribution in [0.3, 0.4) is 0 Å². The van der Waals surface area contributed by atoms with E-state index in [1.807, 2.05) is 6.92 Å². The first-order valence-electron chi connectivity index (χ1n) is 11.2. The van der Waals surface area contributed by atoms with Gasteiger partial charge in [0.15, 0.2) is 11.6 Å². The van der Waals surface area contributed by atoms with Gasteiger partial charge in [-0.05, 0) is 49.4 Å². The van der Waals surface area contributed by atoms with Crippen molar-refractivity contribution in [3.8, 4) is 5.75 Å². The second-order valence-corrected chi connectivity index (χ2v) is 10.2. The van der Waals surface area contributed by atoms with E-state index in [9.17, 15) is 22.0 Å². The molecule has 7 nitrogen and oxygen atoms in total. The summed E-state index contributed by atoms with van der Waals surface area (Å²) in [5, 5.41) is 0.561. The summed E-state index contributed by atoms with van der Waals surface area (Å²) in [4.78, 5) is 15.6. The molecule has 0 atom stereocenters. The predicted octanol–water partition coefficient (Wildman–Crippen LogP) is 5.03. The van der Waals surface area contributed by atoms with Gasteiger partial charge in [-0.3, -0.25) is 4.79 Å². The van der Waals surface area contributed by atoms with E-state index in [0.717, 1.165) is 11.6 Å². The number of pyridine rings is 1. The number of rotatable bonds is 5. The number of allylic oxidation sites excluding steroid dienone is 3. The van der Waals surface area contributed by atoms with E-state index in [1.165, 1.54) is 28.8 Å². The molecular weight excluding hydrogens is 500 g/mol. The second kappa shape index (κ2) is 9.29. The number of aromatic nitrogens is 2. The molecule has 0 unspecified atom stereocenters. The Morgan fingerprint density at radius 3 is 2.57 bits per heavy atom. The topological polar surface area (TPSA) is 93.5 Å². The van der Waals surface area contributed by atoms with Gasteiger partial charge in [0.2, 0.25) is 0 Å². The highest BCUT2D eigenvalue weighted by molar-refractivity contribution is 7.90. The van der Waals surface area contributed by atoms with Crippen LogP contribution >= 0.6 is 0 Å². The lowest BCUT2D eigenvalue weighted by Crippen LogP contribution is -2.18. The monoisotopic (exact) mass is 521 g/mol. The number of H-pyrrole nitrogens is 1. The minimum atomic E-state index is -4.01. The van der Waals surface area contributed by atoms with Crippen LogP contribution in [0, 0.1) is 18.6 Å². The minimum Gasteiger partial charge on any atom is -0.454 e. The summed E-state index contributed by atoms with van der Waals surface area (Å²) >= 11 is 0. The number of aryl methyl sites for hydroxylation is 2. The summed E-state index contributed by atoms with van der Waals surface area (Å²) in [7, 11) is -2.43. The van der Waals surface area contributed by atoms with Gasteiger partial charge in [-0.25, -0.2) is 8.78 Å².